The second-order valence-electron chi connectivity index (χ2n) is 5.15. The van der Waals surface area contributed by atoms with Crippen LogP contribution in [0, 0.1) is 5.82 Å². The van der Waals surface area contributed by atoms with Crippen LogP contribution in [0.2, 0.25) is 0 Å². The van der Waals surface area contributed by atoms with Crippen LogP contribution in [0.1, 0.15) is 25.7 Å². The van der Waals surface area contributed by atoms with Crippen molar-refractivity contribution in [3.8, 4) is 5.88 Å². The molecule has 2 aliphatic heterocycles. The molecule has 1 unspecified atom stereocenters. The quantitative estimate of drug-likeness (QED) is 0.835. The van der Waals surface area contributed by atoms with E-state index in [1.807, 2.05) is 0 Å². The van der Waals surface area contributed by atoms with Gasteiger partial charge >= 0.3 is 0 Å². The number of ether oxygens (including phenoxy) is 2. The van der Waals surface area contributed by atoms with Crippen molar-refractivity contribution in [3.05, 3.63) is 12.0 Å². The number of methoxy groups -OCH3 is 2. The first kappa shape index (κ1) is 12.6. The molecule has 19 heavy (non-hydrogen) atoms. The maximum Gasteiger partial charge on any atom is 0.255 e. The van der Waals surface area contributed by atoms with Crippen LogP contribution in [0.3, 0.4) is 0 Å². The second kappa shape index (κ2) is 4.92. The van der Waals surface area contributed by atoms with Gasteiger partial charge in [0.05, 0.1) is 19.4 Å². The van der Waals surface area contributed by atoms with Gasteiger partial charge < -0.3 is 14.4 Å². The number of piperidine rings is 1. The van der Waals surface area contributed by atoms with E-state index in [2.05, 4.69) is 14.9 Å². The summed E-state index contributed by atoms with van der Waals surface area (Å²) in [6, 6.07) is 0.776. The zero-order valence-corrected chi connectivity index (χ0v) is 11.2. The van der Waals surface area contributed by atoms with Crippen LogP contribution in [0.5, 0.6) is 5.88 Å². The molecular formula is C13H18FN3O2. The monoisotopic (exact) mass is 267 g/mol. The first-order chi connectivity index (χ1) is 9.22. The van der Waals surface area contributed by atoms with Crippen LogP contribution in [0.15, 0.2) is 6.20 Å². The van der Waals surface area contributed by atoms with E-state index in [9.17, 15) is 4.39 Å². The summed E-state index contributed by atoms with van der Waals surface area (Å²) in [6.45, 7) is 0. The molecule has 104 valence electrons. The van der Waals surface area contributed by atoms with Crippen molar-refractivity contribution in [2.75, 3.05) is 19.1 Å². The minimum absolute atomic E-state index is 0.0123. The highest BCUT2D eigenvalue weighted by Gasteiger charge is 2.42. The Kier molecular flexibility index (Phi) is 3.26. The fourth-order valence-corrected chi connectivity index (χ4v) is 3.26. The van der Waals surface area contributed by atoms with Crippen molar-refractivity contribution in [3.63, 3.8) is 0 Å². The third-order valence-electron chi connectivity index (χ3n) is 4.15. The largest absolute Gasteiger partial charge is 0.479 e. The molecule has 5 nitrogen and oxygen atoms in total. The summed E-state index contributed by atoms with van der Waals surface area (Å²) in [4.78, 5) is 10.5. The predicted octanol–water partition coefficient (Wildman–Crippen LogP) is 1.77. The molecule has 2 aliphatic rings. The first-order valence-electron chi connectivity index (χ1n) is 6.60. The SMILES string of the molecule is COc1nc(N2[C@@H]3CC[C@H]2CC(OC)C3)ncc1F. The van der Waals surface area contributed by atoms with E-state index >= 15 is 0 Å². The van der Waals surface area contributed by atoms with Gasteiger partial charge in [-0.3, -0.25) is 0 Å². The molecular weight excluding hydrogens is 249 g/mol. The molecule has 1 aromatic heterocycles. The van der Waals surface area contributed by atoms with E-state index in [0.717, 1.165) is 25.7 Å². The van der Waals surface area contributed by atoms with Gasteiger partial charge in [0.15, 0.2) is 0 Å². The lowest BCUT2D eigenvalue weighted by Gasteiger charge is -2.38. The maximum absolute atomic E-state index is 13.4. The summed E-state index contributed by atoms with van der Waals surface area (Å²) in [6.07, 6.45) is 5.70. The Hall–Kier alpha value is -1.43. The molecule has 2 bridgehead atoms. The smallest absolute Gasteiger partial charge is 0.255 e. The van der Waals surface area contributed by atoms with Gasteiger partial charge in [-0.2, -0.15) is 9.37 Å². The van der Waals surface area contributed by atoms with E-state index in [4.69, 9.17) is 9.47 Å². The van der Waals surface area contributed by atoms with Crippen molar-refractivity contribution in [2.24, 2.45) is 0 Å². The predicted molar refractivity (Wildman–Crippen MR) is 67.9 cm³/mol. The minimum atomic E-state index is -0.523. The van der Waals surface area contributed by atoms with Gasteiger partial charge in [-0.15, -0.1) is 0 Å². The van der Waals surface area contributed by atoms with Crippen molar-refractivity contribution in [2.45, 2.75) is 43.9 Å². The van der Waals surface area contributed by atoms with Crippen molar-refractivity contribution in [1.29, 1.82) is 0 Å². The van der Waals surface area contributed by atoms with Crippen LogP contribution in [0.4, 0.5) is 10.3 Å². The summed E-state index contributed by atoms with van der Waals surface area (Å²) in [5.41, 5.74) is 0. The summed E-state index contributed by atoms with van der Waals surface area (Å²) in [7, 11) is 3.18. The molecule has 3 atom stereocenters. The Balaban J connectivity index is 1.87. The van der Waals surface area contributed by atoms with Gasteiger partial charge in [-0.25, -0.2) is 4.98 Å². The normalized spacial score (nSPS) is 29.6. The average molecular weight is 267 g/mol. The van der Waals surface area contributed by atoms with E-state index in [-0.39, 0.29) is 5.88 Å². The van der Waals surface area contributed by atoms with Crippen LogP contribution < -0.4 is 9.64 Å². The lowest BCUT2D eigenvalue weighted by molar-refractivity contribution is 0.0679. The molecule has 0 saturated carbocycles. The molecule has 0 radical (unpaired) electrons. The van der Waals surface area contributed by atoms with E-state index in [1.165, 1.54) is 13.3 Å². The third kappa shape index (κ3) is 2.14. The van der Waals surface area contributed by atoms with Gasteiger partial charge in [0.25, 0.3) is 5.88 Å². The van der Waals surface area contributed by atoms with Gasteiger partial charge in [-0.1, -0.05) is 0 Å². The number of hydrogen-bond acceptors (Lipinski definition) is 5. The van der Waals surface area contributed by atoms with E-state index in [0.29, 0.717) is 24.1 Å². The molecule has 6 heteroatoms. The van der Waals surface area contributed by atoms with Gasteiger partial charge in [0, 0.05) is 19.2 Å². The Morgan fingerprint density at radius 2 is 1.95 bits per heavy atom. The molecule has 3 heterocycles. The fraction of sp³-hybridized carbons (Fsp3) is 0.692. The van der Waals surface area contributed by atoms with Crippen molar-refractivity contribution >= 4 is 5.95 Å². The van der Waals surface area contributed by atoms with Crippen LogP contribution in [-0.4, -0.2) is 42.4 Å². The molecule has 0 spiro atoms. The Morgan fingerprint density at radius 3 is 2.53 bits per heavy atom. The summed E-state index contributed by atoms with van der Waals surface area (Å²) < 4.78 is 23.8. The molecule has 2 saturated heterocycles. The van der Waals surface area contributed by atoms with Gasteiger partial charge in [-0.05, 0) is 25.7 Å². The maximum atomic E-state index is 13.4. The van der Waals surface area contributed by atoms with Crippen LogP contribution >= 0.6 is 0 Å². The topological polar surface area (TPSA) is 47.5 Å². The summed E-state index contributed by atoms with van der Waals surface area (Å²) in [5.74, 6) is 0.0592. The van der Waals surface area contributed by atoms with Crippen molar-refractivity contribution < 1.29 is 13.9 Å². The Labute approximate surface area is 111 Å². The molecule has 2 fully saturated rings. The summed E-state index contributed by atoms with van der Waals surface area (Å²) in [5, 5.41) is 0. The van der Waals surface area contributed by atoms with Crippen LogP contribution in [0.25, 0.3) is 0 Å². The highest BCUT2D eigenvalue weighted by Crippen LogP contribution is 2.39. The molecule has 0 N–H and O–H groups in total. The molecule has 0 aromatic carbocycles. The summed E-state index contributed by atoms with van der Waals surface area (Å²) >= 11 is 0. The molecule has 0 amide bonds. The number of anilines is 1. The first-order valence-corrected chi connectivity index (χ1v) is 6.60. The molecule has 0 aliphatic carbocycles. The lowest BCUT2D eigenvalue weighted by atomic mass is 10.0. The van der Waals surface area contributed by atoms with E-state index in [1.54, 1.807) is 7.11 Å². The average Bonchev–Trinajstić information content (AvgIpc) is 2.70. The number of fused-ring (bicyclic) bond motifs is 2. The number of hydrogen-bond donors (Lipinski definition) is 0. The third-order valence-corrected chi connectivity index (χ3v) is 4.15. The standard InChI is InChI=1S/C13H18FN3O2/c1-18-10-5-8-3-4-9(6-10)17(8)13-15-7-11(14)12(16-13)19-2/h7-10H,3-6H2,1-2H3/t8-,9+,10?. The number of halogens is 1. The number of aromatic nitrogens is 2. The second-order valence-corrected chi connectivity index (χ2v) is 5.15. The minimum Gasteiger partial charge on any atom is -0.479 e. The fourth-order valence-electron chi connectivity index (χ4n) is 3.26. The number of rotatable bonds is 3. The van der Waals surface area contributed by atoms with Gasteiger partial charge in [0.2, 0.25) is 11.8 Å². The Morgan fingerprint density at radius 1 is 1.26 bits per heavy atom. The molecule has 1 aromatic rings. The van der Waals surface area contributed by atoms with Gasteiger partial charge in [0.1, 0.15) is 0 Å². The number of nitrogens with zero attached hydrogens (tertiary/aromatic N) is 3. The zero-order valence-electron chi connectivity index (χ0n) is 11.2. The van der Waals surface area contributed by atoms with Crippen LogP contribution in [-0.2, 0) is 4.74 Å². The van der Waals surface area contributed by atoms with E-state index < -0.39 is 5.82 Å². The van der Waals surface area contributed by atoms with Crippen molar-refractivity contribution in [1.82, 2.24) is 9.97 Å². The molecule has 3 rings (SSSR count). The lowest BCUT2D eigenvalue weighted by Crippen LogP contribution is -2.46. The Bertz CT molecular complexity index is 457. The highest BCUT2D eigenvalue weighted by molar-refractivity contribution is 5.39. The zero-order chi connectivity index (χ0) is 13.4. The highest BCUT2D eigenvalue weighted by atomic mass is 19.1.